The van der Waals surface area contributed by atoms with E-state index in [1.165, 1.54) is 0 Å². The molecule has 2 aromatic rings. The highest BCUT2D eigenvalue weighted by molar-refractivity contribution is 7.93. The minimum atomic E-state index is -3.95. The third kappa shape index (κ3) is 4.98. The Bertz CT molecular complexity index is 867. The SMILES string of the molecule is CC1CCCCN1C(=O)NS(=O)(=O)C=C(c1ccccc1)c1ccccc1. The Labute approximate surface area is 160 Å². The van der Waals surface area contributed by atoms with Gasteiger partial charge < -0.3 is 4.90 Å². The van der Waals surface area contributed by atoms with E-state index in [0.717, 1.165) is 35.8 Å². The Morgan fingerprint density at radius 1 is 1.00 bits per heavy atom. The topological polar surface area (TPSA) is 66.5 Å². The largest absolute Gasteiger partial charge is 0.331 e. The summed E-state index contributed by atoms with van der Waals surface area (Å²) < 4.78 is 27.6. The smallest absolute Gasteiger partial charge is 0.321 e. The van der Waals surface area contributed by atoms with Crippen molar-refractivity contribution in [2.45, 2.75) is 32.2 Å². The number of piperidine rings is 1. The lowest BCUT2D eigenvalue weighted by Crippen LogP contribution is -2.48. The maximum absolute atomic E-state index is 12.7. The number of hydrogen-bond acceptors (Lipinski definition) is 3. The molecule has 142 valence electrons. The number of hydrogen-bond donors (Lipinski definition) is 1. The molecule has 27 heavy (non-hydrogen) atoms. The molecular formula is C21H24N2O3S. The van der Waals surface area contributed by atoms with Crippen LogP contribution < -0.4 is 4.72 Å². The summed E-state index contributed by atoms with van der Waals surface area (Å²) in [4.78, 5) is 14.1. The monoisotopic (exact) mass is 384 g/mol. The van der Waals surface area contributed by atoms with Crippen LogP contribution in [0, 0.1) is 0 Å². The van der Waals surface area contributed by atoms with Crippen molar-refractivity contribution in [3.05, 3.63) is 77.2 Å². The molecule has 1 heterocycles. The molecule has 0 aromatic heterocycles. The molecule has 0 spiro atoms. The standard InChI is InChI=1S/C21H24N2O3S/c1-17-10-8-9-15-23(17)21(24)22-27(25,26)16-20(18-11-4-2-5-12-18)19-13-6-3-7-14-19/h2-7,11-14,16-17H,8-10,15H2,1H3,(H,22,24). The van der Waals surface area contributed by atoms with Crippen LogP contribution in [0.4, 0.5) is 4.79 Å². The number of nitrogens with zero attached hydrogens (tertiary/aromatic N) is 1. The van der Waals surface area contributed by atoms with Gasteiger partial charge in [0.05, 0.1) is 5.41 Å². The van der Waals surface area contributed by atoms with Crippen LogP contribution in [0.1, 0.15) is 37.3 Å². The summed E-state index contributed by atoms with van der Waals surface area (Å²) in [6, 6.07) is 18.1. The van der Waals surface area contributed by atoms with E-state index in [-0.39, 0.29) is 6.04 Å². The average Bonchev–Trinajstić information content (AvgIpc) is 2.67. The normalized spacial score (nSPS) is 17.2. The Morgan fingerprint density at radius 3 is 2.07 bits per heavy atom. The molecular weight excluding hydrogens is 360 g/mol. The molecule has 2 aromatic carbocycles. The van der Waals surface area contributed by atoms with E-state index in [0.29, 0.717) is 12.1 Å². The molecule has 0 saturated carbocycles. The number of likely N-dealkylation sites (tertiary alicyclic amines) is 1. The van der Waals surface area contributed by atoms with Crippen LogP contribution in [0.3, 0.4) is 0 Å². The van der Waals surface area contributed by atoms with Gasteiger partial charge in [0.25, 0.3) is 10.0 Å². The van der Waals surface area contributed by atoms with Gasteiger partial charge in [-0.2, -0.15) is 0 Å². The third-order valence-corrected chi connectivity index (χ3v) is 5.74. The second kappa shape index (κ2) is 8.39. The predicted molar refractivity (Wildman–Crippen MR) is 107 cm³/mol. The molecule has 1 atom stereocenters. The molecule has 1 unspecified atom stereocenters. The molecule has 1 N–H and O–H groups in total. The van der Waals surface area contributed by atoms with Crippen molar-refractivity contribution in [2.75, 3.05) is 6.54 Å². The van der Waals surface area contributed by atoms with E-state index in [4.69, 9.17) is 0 Å². The van der Waals surface area contributed by atoms with Gasteiger partial charge in [-0.15, -0.1) is 0 Å². The van der Waals surface area contributed by atoms with E-state index < -0.39 is 16.1 Å². The Balaban J connectivity index is 1.90. The zero-order valence-corrected chi connectivity index (χ0v) is 16.2. The summed E-state index contributed by atoms with van der Waals surface area (Å²) >= 11 is 0. The van der Waals surface area contributed by atoms with Gasteiger partial charge in [-0.1, -0.05) is 60.7 Å². The summed E-state index contributed by atoms with van der Waals surface area (Å²) in [6.07, 6.45) is 2.85. The van der Waals surface area contributed by atoms with Crippen molar-refractivity contribution in [2.24, 2.45) is 0 Å². The number of carbonyl (C=O) groups is 1. The number of carbonyl (C=O) groups excluding carboxylic acids is 1. The molecule has 5 nitrogen and oxygen atoms in total. The molecule has 1 saturated heterocycles. The number of urea groups is 1. The minimum Gasteiger partial charge on any atom is -0.321 e. The van der Waals surface area contributed by atoms with Crippen LogP contribution in [0.25, 0.3) is 5.57 Å². The second-order valence-electron chi connectivity index (χ2n) is 6.75. The van der Waals surface area contributed by atoms with Crippen LogP contribution >= 0.6 is 0 Å². The molecule has 0 radical (unpaired) electrons. The Hall–Kier alpha value is -2.60. The van der Waals surface area contributed by atoms with E-state index in [2.05, 4.69) is 4.72 Å². The Kier molecular flexibility index (Phi) is 5.96. The van der Waals surface area contributed by atoms with E-state index in [1.807, 2.05) is 67.6 Å². The van der Waals surface area contributed by atoms with Crippen LogP contribution in [0.2, 0.25) is 0 Å². The summed E-state index contributed by atoms with van der Waals surface area (Å²) in [5.41, 5.74) is 2.09. The lowest BCUT2D eigenvalue weighted by Gasteiger charge is -2.33. The van der Waals surface area contributed by atoms with E-state index in [1.54, 1.807) is 4.90 Å². The summed E-state index contributed by atoms with van der Waals surface area (Å²) in [5.74, 6) is 0. The minimum absolute atomic E-state index is 0.0423. The van der Waals surface area contributed by atoms with Crippen LogP contribution in [0.5, 0.6) is 0 Å². The first-order chi connectivity index (χ1) is 13.0. The summed E-state index contributed by atoms with van der Waals surface area (Å²) in [6.45, 7) is 2.52. The lowest BCUT2D eigenvalue weighted by atomic mass is 10.00. The van der Waals surface area contributed by atoms with Crippen LogP contribution in [-0.4, -0.2) is 31.9 Å². The van der Waals surface area contributed by atoms with E-state index >= 15 is 0 Å². The van der Waals surface area contributed by atoms with Gasteiger partial charge in [0.15, 0.2) is 0 Å². The van der Waals surface area contributed by atoms with Gasteiger partial charge in [-0.3, -0.25) is 0 Å². The average molecular weight is 385 g/mol. The van der Waals surface area contributed by atoms with Gasteiger partial charge in [0.1, 0.15) is 0 Å². The van der Waals surface area contributed by atoms with Crippen molar-refractivity contribution < 1.29 is 13.2 Å². The quantitative estimate of drug-likeness (QED) is 0.867. The van der Waals surface area contributed by atoms with Crippen molar-refractivity contribution in [3.8, 4) is 0 Å². The van der Waals surface area contributed by atoms with E-state index in [9.17, 15) is 13.2 Å². The number of rotatable bonds is 4. The zero-order chi connectivity index (χ0) is 19.3. The fourth-order valence-corrected chi connectivity index (χ4v) is 4.30. The van der Waals surface area contributed by atoms with Gasteiger partial charge in [-0.25, -0.2) is 17.9 Å². The lowest BCUT2D eigenvalue weighted by molar-refractivity contribution is 0.163. The number of benzene rings is 2. The van der Waals surface area contributed by atoms with Gasteiger partial charge >= 0.3 is 6.03 Å². The third-order valence-electron chi connectivity index (χ3n) is 4.74. The first-order valence-electron chi connectivity index (χ1n) is 9.12. The van der Waals surface area contributed by atoms with Crippen LogP contribution in [0.15, 0.2) is 66.1 Å². The van der Waals surface area contributed by atoms with Crippen molar-refractivity contribution in [1.29, 1.82) is 0 Å². The fourth-order valence-electron chi connectivity index (χ4n) is 3.30. The highest BCUT2D eigenvalue weighted by Crippen LogP contribution is 2.24. The highest BCUT2D eigenvalue weighted by atomic mass is 32.2. The molecule has 0 bridgehead atoms. The predicted octanol–water partition coefficient (Wildman–Crippen LogP) is 3.99. The first kappa shape index (κ1) is 19.2. The number of nitrogens with one attached hydrogen (secondary N) is 1. The molecule has 6 heteroatoms. The zero-order valence-electron chi connectivity index (χ0n) is 15.3. The van der Waals surface area contributed by atoms with Gasteiger partial charge in [0, 0.05) is 18.2 Å². The maximum atomic E-state index is 12.7. The summed E-state index contributed by atoms with van der Waals surface area (Å²) in [7, 11) is -3.95. The number of sulfonamides is 1. The summed E-state index contributed by atoms with van der Waals surface area (Å²) in [5, 5.41) is 1.14. The van der Waals surface area contributed by atoms with Gasteiger partial charge in [0.2, 0.25) is 0 Å². The molecule has 0 aliphatic carbocycles. The molecule has 2 amide bonds. The molecule has 3 rings (SSSR count). The van der Waals surface area contributed by atoms with Crippen molar-refractivity contribution >= 4 is 21.6 Å². The van der Waals surface area contributed by atoms with Crippen molar-refractivity contribution in [3.63, 3.8) is 0 Å². The van der Waals surface area contributed by atoms with Crippen molar-refractivity contribution in [1.82, 2.24) is 9.62 Å². The first-order valence-corrected chi connectivity index (χ1v) is 10.7. The molecule has 1 aliphatic heterocycles. The fraction of sp³-hybridized carbons (Fsp3) is 0.286. The molecule has 1 aliphatic rings. The molecule has 1 fully saturated rings. The maximum Gasteiger partial charge on any atom is 0.331 e. The van der Waals surface area contributed by atoms with Crippen LogP contribution in [-0.2, 0) is 10.0 Å². The number of amides is 2. The van der Waals surface area contributed by atoms with Gasteiger partial charge in [-0.05, 0) is 37.3 Å². The Morgan fingerprint density at radius 2 is 1.56 bits per heavy atom. The second-order valence-corrected chi connectivity index (χ2v) is 8.28. The highest BCUT2D eigenvalue weighted by Gasteiger charge is 2.26.